The summed E-state index contributed by atoms with van der Waals surface area (Å²) in [6.45, 7) is 3.78. The molecule has 178 valence electrons. The van der Waals surface area contributed by atoms with Gasteiger partial charge in [0.25, 0.3) is 11.6 Å². The van der Waals surface area contributed by atoms with Crippen LogP contribution in [0.5, 0.6) is 0 Å². The van der Waals surface area contributed by atoms with E-state index in [2.05, 4.69) is 0 Å². The maximum atomic E-state index is 14.1. The molecular weight excluding hydrogens is 473 g/mol. The lowest BCUT2D eigenvalue weighted by Gasteiger charge is -2.33. The first-order valence-electron chi connectivity index (χ1n) is 10.8. The van der Waals surface area contributed by atoms with Crippen molar-refractivity contribution in [2.75, 3.05) is 15.6 Å². The number of hydrogen-bond donors (Lipinski definition) is 0. The van der Waals surface area contributed by atoms with Crippen molar-refractivity contribution >= 4 is 39.7 Å². The Morgan fingerprint density at radius 2 is 1.74 bits per heavy atom. The zero-order valence-corrected chi connectivity index (χ0v) is 19.7. The highest BCUT2D eigenvalue weighted by Crippen LogP contribution is 2.52. The van der Waals surface area contributed by atoms with Crippen LogP contribution in [-0.2, 0) is 31.8 Å². The Kier molecular flexibility index (Phi) is 5.28. The molecule has 2 aliphatic heterocycles. The normalized spacial score (nSPS) is 21.2. The number of carbonyl (C=O) groups excluding carboxylic acids is 2. The number of amides is 2. The van der Waals surface area contributed by atoms with E-state index in [1.807, 2.05) is 13.8 Å². The molecule has 2 amide bonds. The van der Waals surface area contributed by atoms with Crippen molar-refractivity contribution in [1.29, 1.82) is 0 Å². The van der Waals surface area contributed by atoms with Crippen LogP contribution in [0.15, 0.2) is 60.7 Å². The number of halogens is 1. The SMILES string of the molecule is Cc1ccc(N2C(=O)CS(=O)C23C(=O)N(Cc2ccc(F)cc2)c2ccc([N+](=O)[O-])cc23)cc1C. The summed E-state index contributed by atoms with van der Waals surface area (Å²) in [6.07, 6.45) is 0. The van der Waals surface area contributed by atoms with Gasteiger partial charge in [0.05, 0.1) is 28.0 Å². The molecule has 35 heavy (non-hydrogen) atoms. The van der Waals surface area contributed by atoms with Gasteiger partial charge in [0, 0.05) is 23.4 Å². The summed E-state index contributed by atoms with van der Waals surface area (Å²) >= 11 is 0. The van der Waals surface area contributed by atoms with Crippen LogP contribution in [0.1, 0.15) is 22.3 Å². The van der Waals surface area contributed by atoms with Crippen LogP contribution < -0.4 is 9.80 Å². The first-order chi connectivity index (χ1) is 16.6. The minimum absolute atomic E-state index is 0.0117. The number of benzene rings is 3. The average molecular weight is 494 g/mol. The third-order valence-corrected chi connectivity index (χ3v) is 8.28. The fourth-order valence-electron chi connectivity index (χ4n) is 4.67. The van der Waals surface area contributed by atoms with Crippen LogP contribution in [0.25, 0.3) is 0 Å². The molecule has 0 saturated carbocycles. The van der Waals surface area contributed by atoms with E-state index < -0.39 is 44.0 Å². The monoisotopic (exact) mass is 493 g/mol. The van der Waals surface area contributed by atoms with Gasteiger partial charge in [-0.2, -0.15) is 0 Å². The van der Waals surface area contributed by atoms with Gasteiger partial charge < -0.3 is 4.90 Å². The lowest BCUT2D eigenvalue weighted by Crippen LogP contribution is -2.52. The van der Waals surface area contributed by atoms with E-state index >= 15 is 0 Å². The minimum Gasteiger partial charge on any atom is -0.304 e. The van der Waals surface area contributed by atoms with Gasteiger partial charge in [-0.1, -0.05) is 18.2 Å². The van der Waals surface area contributed by atoms with Crippen molar-refractivity contribution in [3.8, 4) is 0 Å². The fraction of sp³-hybridized carbons (Fsp3) is 0.200. The first-order valence-corrected chi connectivity index (χ1v) is 12.1. The molecule has 5 rings (SSSR count). The summed E-state index contributed by atoms with van der Waals surface area (Å²) < 4.78 is 27.1. The second kappa shape index (κ2) is 8.09. The molecule has 10 heteroatoms. The molecule has 1 fully saturated rings. The van der Waals surface area contributed by atoms with Crippen LogP contribution in [0.2, 0.25) is 0 Å². The molecular formula is C25H20FN3O5S. The van der Waals surface area contributed by atoms with Crippen LogP contribution in [0.4, 0.5) is 21.5 Å². The van der Waals surface area contributed by atoms with Gasteiger partial charge in [0.2, 0.25) is 10.8 Å². The molecule has 0 aliphatic carbocycles. The largest absolute Gasteiger partial charge is 0.304 e. The maximum Gasteiger partial charge on any atom is 0.271 e. The Morgan fingerprint density at radius 1 is 1.03 bits per heavy atom. The van der Waals surface area contributed by atoms with Gasteiger partial charge >= 0.3 is 0 Å². The Labute approximate surface area is 202 Å². The van der Waals surface area contributed by atoms with Crippen molar-refractivity contribution in [3.05, 3.63) is 98.8 Å². The lowest BCUT2D eigenvalue weighted by molar-refractivity contribution is -0.384. The summed E-state index contributed by atoms with van der Waals surface area (Å²) in [5, 5.41) is 11.6. The highest BCUT2D eigenvalue weighted by molar-refractivity contribution is 7.88. The Balaban J connectivity index is 1.74. The lowest BCUT2D eigenvalue weighted by atomic mass is 10.0. The summed E-state index contributed by atoms with van der Waals surface area (Å²) in [5.41, 5.74) is 3.02. The fourth-order valence-corrected chi connectivity index (χ4v) is 6.35. The smallest absolute Gasteiger partial charge is 0.271 e. The van der Waals surface area contributed by atoms with E-state index in [0.29, 0.717) is 16.9 Å². The molecule has 0 bridgehead atoms. The van der Waals surface area contributed by atoms with Crippen LogP contribution in [-0.4, -0.2) is 26.7 Å². The van der Waals surface area contributed by atoms with Crippen molar-refractivity contribution in [1.82, 2.24) is 0 Å². The quantitative estimate of drug-likeness (QED) is 0.406. The molecule has 1 spiro atoms. The standard InChI is InChI=1S/C25H20FN3O5S/c1-15-3-8-19(11-16(15)2)28-23(30)14-35(34)25(28)21-12-20(29(32)33)9-10-22(21)27(24(25)31)13-17-4-6-18(26)7-5-17/h3-12H,13-14H2,1-2H3. The summed E-state index contributed by atoms with van der Waals surface area (Å²) in [5.74, 6) is -1.97. The molecule has 3 aromatic carbocycles. The highest BCUT2D eigenvalue weighted by atomic mass is 32.2. The molecule has 0 radical (unpaired) electrons. The summed E-state index contributed by atoms with van der Waals surface area (Å²) in [7, 11) is -2.02. The highest BCUT2D eigenvalue weighted by Gasteiger charge is 2.65. The maximum absolute atomic E-state index is 14.1. The zero-order chi connectivity index (χ0) is 25.1. The van der Waals surface area contributed by atoms with E-state index in [4.69, 9.17) is 0 Å². The summed E-state index contributed by atoms with van der Waals surface area (Å²) in [6, 6.07) is 14.7. The van der Waals surface area contributed by atoms with Crippen molar-refractivity contribution in [3.63, 3.8) is 0 Å². The first kappa shape index (κ1) is 22.9. The Bertz CT molecular complexity index is 1440. The van der Waals surface area contributed by atoms with E-state index in [1.54, 1.807) is 18.2 Å². The zero-order valence-electron chi connectivity index (χ0n) is 18.9. The number of fused-ring (bicyclic) bond motifs is 2. The van der Waals surface area contributed by atoms with Crippen molar-refractivity contribution in [2.45, 2.75) is 25.3 Å². The average Bonchev–Trinajstić information content (AvgIpc) is 3.22. The number of non-ortho nitro benzene ring substituents is 1. The number of aryl methyl sites for hydroxylation is 2. The van der Waals surface area contributed by atoms with Gasteiger partial charge in [-0.15, -0.1) is 0 Å². The number of rotatable bonds is 4. The predicted molar refractivity (Wildman–Crippen MR) is 129 cm³/mol. The van der Waals surface area contributed by atoms with E-state index in [1.165, 1.54) is 52.3 Å². The molecule has 0 aromatic heterocycles. The third-order valence-electron chi connectivity index (χ3n) is 6.53. The van der Waals surface area contributed by atoms with Gasteiger partial charge in [0.1, 0.15) is 11.6 Å². The number of hydrogen-bond acceptors (Lipinski definition) is 5. The molecule has 2 heterocycles. The van der Waals surface area contributed by atoms with Crippen LogP contribution >= 0.6 is 0 Å². The molecule has 2 atom stereocenters. The predicted octanol–water partition coefficient (Wildman–Crippen LogP) is 3.85. The molecule has 8 nitrogen and oxygen atoms in total. The molecule has 2 unspecified atom stereocenters. The minimum atomic E-state index is -2.02. The van der Waals surface area contributed by atoms with Gasteiger partial charge in [-0.3, -0.25) is 28.8 Å². The van der Waals surface area contributed by atoms with Crippen LogP contribution in [0.3, 0.4) is 0 Å². The molecule has 1 saturated heterocycles. The number of nitro benzene ring substituents is 1. The molecule has 2 aliphatic rings. The van der Waals surface area contributed by atoms with Gasteiger partial charge in [-0.05, 0) is 60.9 Å². The van der Waals surface area contributed by atoms with E-state index in [9.17, 15) is 28.3 Å². The second-order valence-electron chi connectivity index (χ2n) is 8.61. The van der Waals surface area contributed by atoms with E-state index in [-0.39, 0.29) is 17.8 Å². The number of carbonyl (C=O) groups is 2. The van der Waals surface area contributed by atoms with Crippen LogP contribution in [0, 0.1) is 29.8 Å². The third kappa shape index (κ3) is 3.35. The Morgan fingerprint density at radius 3 is 2.40 bits per heavy atom. The summed E-state index contributed by atoms with van der Waals surface area (Å²) in [4.78, 5) is 39.0. The number of anilines is 2. The van der Waals surface area contributed by atoms with Crippen molar-refractivity contribution < 1.29 is 23.1 Å². The molecule has 0 N–H and O–H groups in total. The molecule has 3 aromatic rings. The van der Waals surface area contributed by atoms with Gasteiger partial charge in [0.15, 0.2) is 0 Å². The topological polar surface area (TPSA) is 101 Å². The van der Waals surface area contributed by atoms with E-state index in [0.717, 1.165) is 11.1 Å². The Hall–Kier alpha value is -3.92. The number of nitro groups is 1. The second-order valence-corrected chi connectivity index (χ2v) is 10.2. The van der Waals surface area contributed by atoms with Crippen molar-refractivity contribution in [2.24, 2.45) is 0 Å². The van der Waals surface area contributed by atoms with Gasteiger partial charge in [-0.25, -0.2) is 4.39 Å². The number of nitrogens with zero attached hydrogens (tertiary/aromatic N) is 3.